The van der Waals surface area contributed by atoms with Crippen LogP contribution in [0.3, 0.4) is 0 Å². The first-order valence-corrected chi connectivity index (χ1v) is 11.7. The average Bonchev–Trinajstić information content (AvgIpc) is 3.24. The second kappa shape index (κ2) is 9.85. The van der Waals surface area contributed by atoms with Gasteiger partial charge in [-0.1, -0.05) is 30.3 Å². The third-order valence-corrected chi connectivity index (χ3v) is 6.36. The first-order chi connectivity index (χ1) is 16.2. The zero-order valence-corrected chi connectivity index (χ0v) is 18.6. The maximum Gasteiger partial charge on any atom is 0.248 e. The number of nitrogens with zero attached hydrogens (tertiary/aromatic N) is 3. The molecule has 1 N–H and O–H groups in total. The van der Waals surface area contributed by atoms with E-state index < -0.39 is 6.17 Å². The van der Waals surface area contributed by atoms with Crippen LogP contribution in [0.2, 0.25) is 0 Å². The molecule has 0 saturated carbocycles. The van der Waals surface area contributed by atoms with E-state index in [0.717, 1.165) is 66.6 Å². The fraction of sp³-hybridized carbons (Fsp3) is 0.385. The molecule has 1 unspecified atom stereocenters. The number of nitrogens with one attached hydrogen (secondary N) is 1. The summed E-state index contributed by atoms with van der Waals surface area (Å²) in [6, 6.07) is 13.8. The van der Waals surface area contributed by atoms with Crippen LogP contribution in [-0.4, -0.2) is 53.0 Å². The van der Waals surface area contributed by atoms with Gasteiger partial charge in [-0.2, -0.15) is 5.10 Å². The average molecular weight is 449 g/mol. The summed E-state index contributed by atoms with van der Waals surface area (Å²) < 4.78 is 20.9. The van der Waals surface area contributed by atoms with Crippen LogP contribution in [-0.2, 0) is 16.0 Å². The molecule has 1 atom stereocenters. The summed E-state index contributed by atoms with van der Waals surface area (Å²) in [7, 11) is 0. The van der Waals surface area contributed by atoms with Gasteiger partial charge in [0, 0.05) is 43.4 Å². The Labute approximate surface area is 193 Å². The molecule has 2 fully saturated rings. The van der Waals surface area contributed by atoms with Crippen molar-refractivity contribution in [1.29, 1.82) is 0 Å². The SMILES string of the molecule is O=C(C=Cc1ccc2cnn(C3CCCCO3)c2c1)Nc1ccccc1CCN1CC(F)C1. The molecule has 3 aromatic rings. The Morgan fingerprint density at radius 1 is 1.21 bits per heavy atom. The molecule has 1 aromatic heterocycles. The van der Waals surface area contributed by atoms with Crippen molar-refractivity contribution >= 4 is 28.6 Å². The number of rotatable bonds is 7. The van der Waals surface area contributed by atoms with Crippen LogP contribution in [0.1, 0.15) is 36.6 Å². The fourth-order valence-corrected chi connectivity index (χ4v) is 4.48. The molecule has 2 aliphatic heterocycles. The summed E-state index contributed by atoms with van der Waals surface area (Å²) in [6.45, 7) is 2.57. The van der Waals surface area contributed by atoms with Crippen molar-refractivity contribution < 1.29 is 13.9 Å². The zero-order chi connectivity index (χ0) is 22.6. The van der Waals surface area contributed by atoms with Gasteiger partial charge >= 0.3 is 0 Å². The number of fused-ring (bicyclic) bond motifs is 1. The Morgan fingerprint density at radius 3 is 2.91 bits per heavy atom. The Hall–Kier alpha value is -3.03. The van der Waals surface area contributed by atoms with Gasteiger partial charge in [0.05, 0.1) is 11.7 Å². The molecule has 2 saturated heterocycles. The maximum atomic E-state index is 13.0. The van der Waals surface area contributed by atoms with Crippen LogP contribution in [0.25, 0.3) is 17.0 Å². The normalized spacial score (nSPS) is 19.7. The molecule has 5 rings (SSSR count). The molecule has 33 heavy (non-hydrogen) atoms. The van der Waals surface area contributed by atoms with E-state index in [2.05, 4.69) is 15.3 Å². The second-order valence-electron chi connectivity index (χ2n) is 8.82. The van der Waals surface area contributed by atoms with Crippen molar-refractivity contribution in [3.05, 3.63) is 65.9 Å². The number of benzene rings is 2. The highest BCUT2D eigenvalue weighted by Crippen LogP contribution is 2.27. The Balaban J connectivity index is 1.24. The van der Waals surface area contributed by atoms with Gasteiger partial charge in [0.15, 0.2) is 6.23 Å². The number of carbonyl (C=O) groups is 1. The quantitative estimate of drug-likeness (QED) is 0.538. The lowest BCUT2D eigenvalue weighted by atomic mass is 10.1. The summed E-state index contributed by atoms with van der Waals surface area (Å²) in [6.07, 6.45) is 8.48. The largest absolute Gasteiger partial charge is 0.356 e. The van der Waals surface area contributed by atoms with Gasteiger partial charge in [-0.3, -0.25) is 9.69 Å². The van der Waals surface area contributed by atoms with E-state index in [9.17, 15) is 9.18 Å². The highest BCUT2D eigenvalue weighted by molar-refractivity contribution is 6.02. The molecule has 7 heteroatoms. The molecule has 0 aliphatic carbocycles. The van der Waals surface area contributed by atoms with Gasteiger partial charge in [-0.15, -0.1) is 0 Å². The lowest BCUT2D eigenvalue weighted by Crippen LogP contribution is -2.48. The molecule has 2 aromatic carbocycles. The van der Waals surface area contributed by atoms with E-state index in [-0.39, 0.29) is 12.1 Å². The van der Waals surface area contributed by atoms with Crippen molar-refractivity contribution in [2.24, 2.45) is 0 Å². The number of ether oxygens (including phenoxy) is 1. The Bertz CT molecular complexity index is 1150. The van der Waals surface area contributed by atoms with Gasteiger partial charge in [-0.25, -0.2) is 9.07 Å². The molecule has 0 spiro atoms. The van der Waals surface area contributed by atoms with Crippen LogP contribution >= 0.6 is 0 Å². The monoisotopic (exact) mass is 448 g/mol. The third-order valence-electron chi connectivity index (χ3n) is 6.36. The van der Waals surface area contributed by atoms with Crippen LogP contribution in [0.4, 0.5) is 10.1 Å². The molecule has 0 radical (unpaired) electrons. The topological polar surface area (TPSA) is 59.4 Å². The summed E-state index contributed by atoms with van der Waals surface area (Å²) >= 11 is 0. The first kappa shape index (κ1) is 21.8. The number of alkyl halides is 1. The van der Waals surface area contributed by atoms with Crippen molar-refractivity contribution in [2.45, 2.75) is 38.1 Å². The number of aromatic nitrogens is 2. The Kier molecular flexibility index (Phi) is 6.51. The summed E-state index contributed by atoms with van der Waals surface area (Å²) in [5.41, 5.74) is 3.80. The smallest absolute Gasteiger partial charge is 0.248 e. The molecule has 3 heterocycles. The van der Waals surface area contributed by atoms with Crippen LogP contribution in [0.5, 0.6) is 0 Å². The van der Waals surface area contributed by atoms with Crippen molar-refractivity contribution in [1.82, 2.24) is 14.7 Å². The van der Waals surface area contributed by atoms with Crippen molar-refractivity contribution in [3.63, 3.8) is 0 Å². The third kappa shape index (κ3) is 5.15. The summed E-state index contributed by atoms with van der Waals surface area (Å²) in [5.74, 6) is -0.181. The second-order valence-corrected chi connectivity index (χ2v) is 8.82. The Morgan fingerprint density at radius 2 is 2.09 bits per heavy atom. The van der Waals surface area contributed by atoms with Gasteiger partial charge < -0.3 is 10.1 Å². The lowest BCUT2D eigenvalue weighted by molar-refractivity contribution is -0.111. The van der Waals surface area contributed by atoms with Gasteiger partial charge in [-0.05, 0) is 55.0 Å². The van der Waals surface area contributed by atoms with Crippen LogP contribution < -0.4 is 5.32 Å². The number of amides is 1. The number of likely N-dealkylation sites (tertiary alicyclic amines) is 1. The predicted octanol–water partition coefficient (Wildman–Crippen LogP) is 4.58. The van der Waals surface area contributed by atoms with E-state index in [4.69, 9.17) is 4.74 Å². The highest BCUT2D eigenvalue weighted by Gasteiger charge is 2.25. The molecule has 6 nitrogen and oxygen atoms in total. The van der Waals surface area contributed by atoms with E-state index in [0.29, 0.717) is 13.1 Å². The van der Waals surface area contributed by atoms with Crippen LogP contribution in [0.15, 0.2) is 54.7 Å². The zero-order valence-electron chi connectivity index (χ0n) is 18.6. The number of halogens is 1. The summed E-state index contributed by atoms with van der Waals surface area (Å²) in [4.78, 5) is 14.7. The number of hydrogen-bond donors (Lipinski definition) is 1. The van der Waals surface area contributed by atoms with Crippen molar-refractivity contribution in [3.8, 4) is 0 Å². The molecular formula is C26H29FN4O2. The number of hydrogen-bond acceptors (Lipinski definition) is 4. The molecule has 2 aliphatic rings. The molecule has 1 amide bonds. The maximum absolute atomic E-state index is 13.0. The number of anilines is 1. The van der Waals surface area contributed by atoms with Gasteiger partial charge in [0.2, 0.25) is 5.91 Å². The minimum absolute atomic E-state index is 0.0256. The van der Waals surface area contributed by atoms with E-state index in [1.807, 2.05) is 59.4 Å². The first-order valence-electron chi connectivity index (χ1n) is 11.7. The molecular weight excluding hydrogens is 419 g/mol. The minimum atomic E-state index is -0.696. The van der Waals surface area contributed by atoms with E-state index in [1.54, 1.807) is 6.08 Å². The fourth-order valence-electron chi connectivity index (χ4n) is 4.48. The highest BCUT2D eigenvalue weighted by atomic mass is 19.1. The standard InChI is InChI=1S/C26H29FN4O2/c27-22-17-30(18-22)13-12-20-5-1-2-6-23(20)29-25(32)11-9-19-8-10-21-16-28-31(24(21)15-19)26-7-3-4-14-33-26/h1-2,5-6,8-11,15-16,22,26H,3-4,7,12-14,17-18H2,(H,29,32). The summed E-state index contributed by atoms with van der Waals surface area (Å²) in [5, 5.41) is 8.57. The molecule has 172 valence electrons. The molecule has 0 bridgehead atoms. The minimum Gasteiger partial charge on any atom is -0.356 e. The van der Waals surface area contributed by atoms with Gasteiger partial charge in [0.25, 0.3) is 0 Å². The van der Waals surface area contributed by atoms with E-state index >= 15 is 0 Å². The van der Waals surface area contributed by atoms with Crippen molar-refractivity contribution in [2.75, 3.05) is 31.6 Å². The van der Waals surface area contributed by atoms with Gasteiger partial charge in [0.1, 0.15) is 6.17 Å². The number of para-hydroxylation sites is 1. The van der Waals surface area contributed by atoms with E-state index in [1.165, 1.54) is 0 Å². The number of carbonyl (C=O) groups excluding carboxylic acids is 1. The predicted molar refractivity (Wildman–Crippen MR) is 128 cm³/mol. The lowest BCUT2D eigenvalue weighted by Gasteiger charge is -2.34. The van der Waals surface area contributed by atoms with Crippen LogP contribution in [0, 0.1) is 0 Å².